The van der Waals surface area contributed by atoms with E-state index in [1.807, 2.05) is 26.8 Å². The standard InChI is InChI=1S/C19H21N5O2S/c1-13(25)23-9-7-14(11-23)18-22-21-17-5-4-15(12-24(17)18)19(26)20-8-6-16-3-2-10-27-16/h2-5,10,12,14H,6-9,11H2,1H3,(H,20,26)/t14-/m1/s1. The van der Waals surface area contributed by atoms with E-state index in [1.54, 1.807) is 30.5 Å². The number of nitrogens with zero attached hydrogens (tertiary/aromatic N) is 4. The molecule has 1 aliphatic heterocycles. The number of aromatic nitrogens is 3. The molecule has 4 heterocycles. The zero-order valence-electron chi connectivity index (χ0n) is 15.1. The van der Waals surface area contributed by atoms with Crippen molar-refractivity contribution >= 4 is 28.8 Å². The van der Waals surface area contributed by atoms with Gasteiger partial charge in [0.1, 0.15) is 5.82 Å². The van der Waals surface area contributed by atoms with E-state index in [1.165, 1.54) is 4.88 Å². The number of carbonyl (C=O) groups excluding carboxylic acids is 2. The summed E-state index contributed by atoms with van der Waals surface area (Å²) in [6.45, 7) is 3.57. The molecule has 0 saturated carbocycles. The van der Waals surface area contributed by atoms with Gasteiger partial charge in [0.25, 0.3) is 5.91 Å². The van der Waals surface area contributed by atoms with Crippen LogP contribution in [0.25, 0.3) is 5.65 Å². The molecule has 0 aromatic carbocycles. The first-order valence-corrected chi connectivity index (χ1v) is 9.90. The molecule has 0 aliphatic carbocycles. The van der Waals surface area contributed by atoms with Gasteiger partial charge in [-0.2, -0.15) is 0 Å². The lowest BCUT2D eigenvalue weighted by Gasteiger charge is -2.13. The molecule has 7 nitrogen and oxygen atoms in total. The monoisotopic (exact) mass is 383 g/mol. The Labute approximate surface area is 161 Å². The summed E-state index contributed by atoms with van der Waals surface area (Å²) in [5.41, 5.74) is 1.29. The van der Waals surface area contributed by atoms with Crippen LogP contribution < -0.4 is 5.32 Å². The van der Waals surface area contributed by atoms with Gasteiger partial charge < -0.3 is 10.2 Å². The summed E-state index contributed by atoms with van der Waals surface area (Å²) in [6.07, 6.45) is 3.48. The lowest BCUT2D eigenvalue weighted by atomic mass is 10.1. The first kappa shape index (κ1) is 17.7. The minimum Gasteiger partial charge on any atom is -0.352 e. The third-order valence-corrected chi connectivity index (χ3v) is 5.86. The predicted molar refractivity (Wildman–Crippen MR) is 103 cm³/mol. The van der Waals surface area contributed by atoms with E-state index in [2.05, 4.69) is 21.6 Å². The van der Waals surface area contributed by atoms with E-state index in [0.717, 1.165) is 25.2 Å². The van der Waals surface area contributed by atoms with Gasteiger partial charge in [0.05, 0.1) is 5.56 Å². The summed E-state index contributed by atoms with van der Waals surface area (Å²) in [6, 6.07) is 7.66. The van der Waals surface area contributed by atoms with Gasteiger partial charge in [-0.15, -0.1) is 21.5 Å². The van der Waals surface area contributed by atoms with Crippen LogP contribution in [-0.2, 0) is 11.2 Å². The molecule has 0 bridgehead atoms. The molecule has 1 saturated heterocycles. The van der Waals surface area contributed by atoms with Crippen molar-refractivity contribution in [3.63, 3.8) is 0 Å². The maximum atomic E-state index is 12.5. The predicted octanol–water partition coefficient (Wildman–Crippen LogP) is 2.10. The van der Waals surface area contributed by atoms with Crippen molar-refractivity contribution in [2.75, 3.05) is 19.6 Å². The van der Waals surface area contributed by atoms with Crippen LogP contribution in [0.3, 0.4) is 0 Å². The smallest absolute Gasteiger partial charge is 0.252 e. The summed E-state index contributed by atoms with van der Waals surface area (Å²) in [5, 5.41) is 13.5. The number of amides is 2. The van der Waals surface area contributed by atoms with Gasteiger partial charge in [0.15, 0.2) is 5.65 Å². The maximum Gasteiger partial charge on any atom is 0.252 e. The zero-order chi connectivity index (χ0) is 18.8. The molecule has 3 aromatic heterocycles. The number of likely N-dealkylation sites (tertiary alicyclic amines) is 1. The number of fused-ring (bicyclic) bond motifs is 1. The number of hydrogen-bond donors (Lipinski definition) is 1. The first-order valence-electron chi connectivity index (χ1n) is 9.02. The highest BCUT2D eigenvalue weighted by Crippen LogP contribution is 2.26. The van der Waals surface area contributed by atoms with Gasteiger partial charge in [-0.1, -0.05) is 6.07 Å². The van der Waals surface area contributed by atoms with Crippen LogP contribution in [0, 0.1) is 0 Å². The van der Waals surface area contributed by atoms with Gasteiger partial charge in [-0.25, -0.2) is 0 Å². The van der Waals surface area contributed by atoms with Gasteiger partial charge in [-0.3, -0.25) is 14.0 Å². The number of hydrogen-bond acceptors (Lipinski definition) is 5. The Morgan fingerprint density at radius 2 is 2.19 bits per heavy atom. The fourth-order valence-corrected chi connectivity index (χ4v) is 4.14. The Balaban J connectivity index is 1.48. The Hall–Kier alpha value is -2.74. The molecule has 27 heavy (non-hydrogen) atoms. The van der Waals surface area contributed by atoms with Crippen molar-refractivity contribution in [3.8, 4) is 0 Å². The number of carbonyl (C=O) groups is 2. The normalized spacial score (nSPS) is 16.8. The number of nitrogens with one attached hydrogen (secondary N) is 1. The molecule has 0 spiro atoms. The van der Waals surface area contributed by atoms with E-state index in [4.69, 9.17) is 0 Å². The fourth-order valence-electron chi connectivity index (χ4n) is 3.43. The Morgan fingerprint density at radius 1 is 1.30 bits per heavy atom. The molecule has 8 heteroatoms. The SMILES string of the molecule is CC(=O)N1CC[C@@H](c2nnc3ccc(C(=O)NCCc4cccs4)cn23)C1. The van der Waals surface area contributed by atoms with Crippen LogP contribution in [-0.4, -0.2) is 50.9 Å². The molecule has 1 aliphatic rings. The molecule has 2 amide bonds. The van der Waals surface area contributed by atoms with E-state index in [0.29, 0.717) is 24.3 Å². The molecule has 4 rings (SSSR count). The van der Waals surface area contributed by atoms with Crippen LogP contribution in [0.5, 0.6) is 0 Å². The topological polar surface area (TPSA) is 79.6 Å². The number of thiophene rings is 1. The minimum atomic E-state index is -0.107. The second kappa shape index (κ2) is 7.48. The second-order valence-electron chi connectivity index (χ2n) is 6.74. The molecule has 1 fully saturated rings. The highest BCUT2D eigenvalue weighted by molar-refractivity contribution is 7.09. The van der Waals surface area contributed by atoms with Gasteiger partial charge >= 0.3 is 0 Å². The lowest BCUT2D eigenvalue weighted by molar-refractivity contribution is -0.127. The molecule has 140 valence electrons. The summed E-state index contributed by atoms with van der Waals surface area (Å²) in [5.74, 6) is 0.921. The Kier molecular flexibility index (Phi) is 4.89. The fraction of sp³-hybridized carbons (Fsp3) is 0.368. The molecule has 0 radical (unpaired) electrons. The quantitative estimate of drug-likeness (QED) is 0.732. The second-order valence-corrected chi connectivity index (χ2v) is 7.77. The molecule has 1 N–H and O–H groups in total. The Bertz CT molecular complexity index is 966. The van der Waals surface area contributed by atoms with Crippen LogP contribution in [0.15, 0.2) is 35.8 Å². The van der Waals surface area contributed by atoms with Crippen molar-refractivity contribution in [2.45, 2.75) is 25.7 Å². The third kappa shape index (κ3) is 3.71. The highest BCUT2D eigenvalue weighted by atomic mass is 32.1. The van der Waals surface area contributed by atoms with E-state index in [-0.39, 0.29) is 17.7 Å². The van der Waals surface area contributed by atoms with Crippen molar-refractivity contribution in [3.05, 3.63) is 52.1 Å². The number of pyridine rings is 1. The molecule has 3 aromatic rings. The summed E-state index contributed by atoms with van der Waals surface area (Å²) >= 11 is 1.69. The maximum absolute atomic E-state index is 12.5. The van der Waals surface area contributed by atoms with E-state index < -0.39 is 0 Å². The average Bonchev–Trinajstić information content (AvgIpc) is 3.40. The van der Waals surface area contributed by atoms with Crippen LogP contribution >= 0.6 is 11.3 Å². The van der Waals surface area contributed by atoms with Crippen molar-refractivity contribution < 1.29 is 9.59 Å². The molecule has 1 atom stereocenters. The van der Waals surface area contributed by atoms with Crippen molar-refractivity contribution in [1.82, 2.24) is 24.8 Å². The van der Waals surface area contributed by atoms with Crippen LogP contribution in [0.1, 0.15) is 40.3 Å². The molecular formula is C19H21N5O2S. The summed E-state index contributed by atoms with van der Waals surface area (Å²) in [4.78, 5) is 27.2. The minimum absolute atomic E-state index is 0.0807. The van der Waals surface area contributed by atoms with Crippen LogP contribution in [0.4, 0.5) is 0 Å². The van der Waals surface area contributed by atoms with Gasteiger partial charge in [0, 0.05) is 43.5 Å². The van der Waals surface area contributed by atoms with Crippen molar-refractivity contribution in [1.29, 1.82) is 0 Å². The largest absolute Gasteiger partial charge is 0.352 e. The molecular weight excluding hydrogens is 362 g/mol. The zero-order valence-corrected chi connectivity index (χ0v) is 15.9. The van der Waals surface area contributed by atoms with Gasteiger partial charge in [0.2, 0.25) is 5.91 Å². The van der Waals surface area contributed by atoms with Gasteiger partial charge in [-0.05, 0) is 36.4 Å². The number of rotatable bonds is 5. The lowest BCUT2D eigenvalue weighted by Crippen LogP contribution is -2.26. The van der Waals surface area contributed by atoms with E-state index in [9.17, 15) is 9.59 Å². The average molecular weight is 383 g/mol. The highest BCUT2D eigenvalue weighted by Gasteiger charge is 2.29. The summed E-state index contributed by atoms with van der Waals surface area (Å²) < 4.78 is 1.88. The molecule has 0 unspecified atom stereocenters. The van der Waals surface area contributed by atoms with E-state index >= 15 is 0 Å². The van der Waals surface area contributed by atoms with Crippen LogP contribution in [0.2, 0.25) is 0 Å². The first-order chi connectivity index (χ1) is 13.1. The van der Waals surface area contributed by atoms with Crippen molar-refractivity contribution in [2.24, 2.45) is 0 Å². The Morgan fingerprint density at radius 3 is 2.93 bits per heavy atom. The summed E-state index contributed by atoms with van der Waals surface area (Å²) in [7, 11) is 0. The third-order valence-electron chi connectivity index (χ3n) is 4.93.